The third-order valence-corrected chi connectivity index (χ3v) is 2.52. The molecule has 0 amide bonds. The van der Waals surface area contributed by atoms with Gasteiger partial charge in [0.25, 0.3) is 0 Å². The molecule has 1 aromatic rings. The van der Waals surface area contributed by atoms with Gasteiger partial charge in [-0.15, -0.1) is 0 Å². The van der Waals surface area contributed by atoms with Crippen molar-refractivity contribution >= 4 is 5.69 Å². The Hall–Kier alpha value is -1.66. The SMILES string of the molecule is O=[N+]([O-])c1cc([C@@H]2COCCN2)ccc1O. The van der Waals surface area contributed by atoms with Crippen LogP contribution in [0.1, 0.15) is 11.6 Å². The Labute approximate surface area is 92.0 Å². The zero-order chi connectivity index (χ0) is 11.5. The third-order valence-electron chi connectivity index (χ3n) is 2.52. The molecule has 0 aromatic heterocycles. The van der Waals surface area contributed by atoms with E-state index >= 15 is 0 Å². The number of benzene rings is 1. The van der Waals surface area contributed by atoms with Gasteiger partial charge in [-0.25, -0.2) is 0 Å². The van der Waals surface area contributed by atoms with E-state index in [2.05, 4.69) is 5.32 Å². The third kappa shape index (κ3) is 2.12. The normalized spacial score (nSPS) is 20.6. The summed E-state index contributed by atoms with van der Waals surface area (Å²) in [4.78, 5) is 10.1. The van der Waals surface area contributed by atoms with Crippen molar-refractivity contribution in [2.24, 2.45) is 0 Å². The molecule has 0 radical (unpaired) electrons. The molecule has 16 heavy (non-hydrogen) atoms. The van der Waals surface area contributed by atoms with Gasteiger partial charge in [-0.05, 0) is 11.6 Å². The summed E-state index contributed by atoms with van der Waals surface area (Å²) in [6, 6.07) is 4.33. The van der Waals surface area contributed by atoms with E-state index in [1.165, 1.54) is 12.1 Å². The van der Waals surface area contributed by atoms with E-state index in [0.717, 1.165) is 12.1 Å². The van der Waals surface area contributed by atoms with E-state index in [0.29, 0.717) is 13.2 Å². The predicted octanol–water partition coefficient (Wildman–Crippen LogP) is 0.961. The number of rotatable bonds is 2. The maximum Gasteiger partial charge on any atom is 0.311 e. The first-order valence-corrected chi connectivity index (χ1v) is 4.97. The van der Waals surface area contributed by atoms with Gasteiger partial charge in [0.05, 0.1) is 24.2 Å². The van der Waals surface area contributed by atoms with Crippen molar-refractivity contribution in [1.29, 1.82) is 0 Å². The number of nitro groups is 1. The minimum absolute atomic E-state index is 0.0481. The molecule has 0 aliphatic carbocycles. The number of morpholine rings is 1. The van der Waals surface area contributed by atoms with E-state index in [-0.39, 0.29) is 17.5 Å². The molecule has 1 aliphatic rings. The number of hydrogen-bond donors (Lipinski definition) is 2. The van der Waals surface area contributed by atoms with Gasteiger partial charge in [-0.2, -0.15) is 0 Å². The summed E-state index contributed by atoms with van der Waals surface area (Å²) in [6.45, 7) is 1.86. The molecular formula is C10H12N2O4. The van der Waals surface area contributed by atoms with Gasteiger partial charge in [0.1, 0.15) is 0 Å². The summed E-state index contributed by atoms with van der Waals surface area (Å²) in [5.74, 6) is -0.314. The summed E-state index contributed by atoms with van der Waals surface area (Å²) in [5.41, 5.74) is 0.481. The fourth-order valence-corrected chi connectivity index (χ4v) is 1.68. The highest BCUT2D eigenvalue weighted by Crippen LogP contribution is 2.29. The van der Waals surface area contributed by atoms with Crippen molar-refractivity contribution in [3.05, 3.63) is 33.9 Å². The lowest BCUT2D eigenvalue weighted by atomic mass is 10.1. The highest BCUT2D eigenvalue weighted by Gasteiger charge is 2.20. The van der Waals surface area contributed by atoms with Gasteiger partial charge in [0, 0.05) is 12.6 Å². The first-order chi connectivity index (χ1) is 7.68. The molecule has 1 fully saturated rings. The Bertz CT molecular complexity index is 402. The van der Waals surface area contributed by atoms with Gasteiger partial charge < -0.3 is 15.2 Å². The number of phenols is 1. The summed E-state index contributed by atoms with van der Waals surface area (Å²) < 4.78 is 5.27. The van der Waals surface area contributed by atoms with Crippen LogP contribution in [0, 0.1) is 10.1 Å². The zero-order valence-electron chi connectivity index (χ0n) is 8.55. The number of hydrogen-bond acceptors (Lipinski definition) is 5. The van der Waals surface area contributed by atoms with Crippen LogP contribution < -0.4 is 5.32 Å². The number of ether oxygens (including phenoxy) is 1. The second-order valence-corrected chi connectivity index (χ2v) is 3.59. The Morgan fingerprint density at radius 1 is 1.56 bits per heavy atom. The summed E-state index contributed by atoms with van der Waals surface area (Å²) in [7, 11) is 0. The van der Waals surface area contributed by atoms with Gasteiger partial charge in [0.2, 0.25) is 0 Å². The average molecular weight is 224 g/mol. The van der Waals surface area contributed by atoms with Crippen LogP contribution in [0.25, 0.3) is 0 Å². The molecule has 1 aliphatic heterocycles. The second-order valence-electron chi connectivity index (χ2n) is 3.59. The first-order valence-electron chi connectivity index (χ1n) is 4.97. The fraction of sp³-hybridized carbons (Fsp3) is 0.400. The first kappa shape index (κ1) is 10.8. The molecule has 0 saturated carbocycles. The van der Waals surface area contributed by atoms with Crippen molar-refractivity contribution in [2.75, 3.05) is 19.8 Å². The van der Waals surface area contributed by atoms with E-state index in [1.807, 2.05) is 0 Å². The van der Waals surface area contributed by atoms with Gasteiger partial charge in [-0.3, -0.25) is 10.1 Å². The van der Waals surface area contributed by atoms with Crippen LogP contribution in [0.2, 0.25) is 0 Å². The van der Waals surface area contributed by atoms with Crippen LogP contribution in [-0.2, 0) is 4.74 Å². The van der Waals surface area contributed by atoms with E-state index in [4.69, 9.17) is 4.74 Å². The summed E-state index contributed by atoms with van der Waals surface area (Å²) >= 11 is 0. The van der Waals surface area contributed by atoms with Crippen LogP contribution in [0.4, 0.5) is 5.69 Å². The van der Waals surface area contributed by atoms with Crippen molar-refractivity contribution in [1.82, 2.24) is 5.32 Å². The lowest BCUT2D eigenvalue weighted by molar-refractivity contribution is -0.385. The molecule has 6 heteroatoms. The van der Waals surface area contributed by atoms with Crippen LogP contribution in [-0.4, -0.2) is 29.8 Å². The molecule has 86 valence electrons. The van der Waals surface area contributed by atoms with Crippen molar-refractivity contribution in [3.63, 3.8) is 0 Å². The average Bonchev–Trinajstić information content (AvgIpc) is 2.30. The van der Waals surface area contributed by atoms with Crippen LogP contribution >= 0.6 is 0 Å². The Morgan fingerprint density at radius 3 is 3.00 bits per heavy atom. The Morgan fingerprint density at radius 2 is 2.38 bits per heavy atom. The highest BCUT2D eigenvalue weighted by molar-refractivity contribution is 5.48. The monoisotopic (exact) mass is 224 g/mol. The molecule has 1 atom stereocenters. The highest BCUT2D eigenvalue weighted by atomic mass is 16.6. The zero-order valence-corrected chi connectivity index (χ0v) is 8.55. The molecule has 1 heterocycles. The van der Waals surface area contributed by atoms with Crippen molar-refractivity contribution in [3.8, 4) is 5.75 Å². The largest absolute Gasteiger partial charge is 0.502 e. The molecule has 0 unspecified atom stereocenters. The number of nitro benzene ring substituents is 1. The molecule has 1 saturated heterocycles. The lowest BCUT2D eigenvalue weighted by Crippen LogP contribution is -2.34. The van der Waals surface area contributed by atoms with Gasteiger partial charge in [-0.1, -0.05) is 6.07 Å². The minimum Gasteiger partial charge on any atom is -0.502 e. The van der Waals surface area contributed by atoms with Crippen LogP contribution in [0.5, 0.6) is 5.75 Å². The molecule has 2 N–H and O–H groups in total. The molecular weight excluding hydrogens is 212 g/mol. The van der Waals surface area contributed by atoms with E-state index in [1.54, 1.807) is 6.07 Å². The molecule has 0 bridgehead atoms. The maximum absolute atomic E-state index is 10.7. The number of nitrogens with zero attached hydrogens (tertiary/aromatic N) is 1. The fourth-order valence-electron chi connectivity index (χ4n) is 1.68. The van der Waals surface area contributed by atoms with Crippen LogP contribution in [0.3, 0.4) is 0 Å². The topological polar surface area (TPSA) is 84.6 Å². The second kappa shape index (κ2) is 4.46. The maximum atomic E-state index is 10.7. The van der Waals surface area contributed by atoms with Gasteiger partial charge in [0.15, 0.2) is 5.75 Å². The standard InChI is InChI=1S/C10H12N2O4/c13-10-2-1-7(5-9(10)12(14)15)8-6-16-4-3-11-8/h1-2,5,8,11,13H,3-4,6H2/t8-/m0/s1. The molecule has 2 rings (SSSR count). The predicted molar refractivity (Wildman–Crippen MR) is 56.3 cm³/mol. The Balaban J connectivity index is 2.27. The number of phenolic OH excluding ortho intramolecular Hbond substituents is 1. The van der Waals surface area contributed by atoms with E-state index in [9.17, 15) is 15.2 Å². The van der Waals surface area contributed by atoms with Crippen molar-refractivity contribution < 1.29 is 14.8 Å². The molecule has 0 spiro atoms. The number of aromatic hydroxyl groups is 1. The lowest BCUT2D eigenvalue weighted by Gasteiger charge is -2.23. The van der Waals surface area contributed by atoms with E-state index < -0.39 is 4.92 Å². The molecule has 6 nitrogen and oxygen atoms in total. The number of nitrogens with one attached hydrogen (secondary N) is 1. The molecule has 1 aromatic carbocycles. The summed E-state index contributed by atoms with van der Waals surface area (Å²) in [5, 5.41) is 23.2. The quantitative estimate of drug-likeness (QED) is 0.577. The Kier molecular flexibility index (Phi) is 3.02. The minimum atomic E-state index is -0.595. The smallest absolute Gasteiger partial charge is 0.311 e. The van der Waals surface area contributed by atoms with Crippen LogP contribution in [0.15, 0.2) is 18.2 Å². The van der Waals surface area contributed by atoms with Gasteiger partial charge >= 0.3 is 5.69 Å². The van der Waals surface area contributed by atoms with Crippen molar-refractivity contribution in [2.45, 2.75) is 6.04 Å². The summed E-state index contributed by atoms with van der Waals surface area (Å²) in [6.07, 6.45) is 0.